The van der Waals surface area contributed by atoms with Gasteiger partial charge in [0, 0.05) is 18.8 Å². The number of morpholine rings is 1. The van der Waals surface area contributed by atoms with E-state index in [1.807, 2.05) is 24.3 Å². The van der Waals surface area contributed by atoms with Gasteiger partial charge in [0.05, 0.1) is 26.3 Å². The van der Waals surface area contributed by atoms with Crippen LogP contribution in [0.25, 0.3) is 0 Å². The lowest BCUT2D eigenvalue weighted by Crippen LogP contribution is -2.48. The van der Waals surface area contributed by atoms with Crippen LogP contribution in [-0.2, 0) is 14.9 Å². The fourth-order valence-corrected chi connectivity index (χ4v) is 3.06. The molecule has 3 amide bonds. The van der Waals surface area contributed by atoms with Crippen LogP contribution in [-0.4, -0.2) is 62.5 Å². The number of carbonyl (C=O) groups excluding carboxylic acids is 2. The Bertz CT molecular complexity index is 648. The Morgan fingerprint density at radius 1 is 1.19 bits per heavy atom. The minimum atomic E-state index is -0.376. The van der Waals surface area contributed by atoms with Crippen LogP contribution < -0.4 is 10.2 Å². The van der Waals surface area contributed by atoms with Gasteiger partial charge in [-0.05, 0) is 23.1 Å². The van der Waals surface area contributed by atoms with Gasteiger partial charge in [0.15, 0.2) is 0 Å². The molecular weight excluding hydrogens is 334 g/mol. The molecule has 0 saturated carbocycles. The average molecular weight is 361 g/mol. The van der Waals surface area contributed by atoms with Gasteiger partial charge in [-0.1, -0.05) is 32.9 Å². The minimum absolute atomic E-state index is 0.0658. The second-order valence-electron chi connectivity index (χ2n) is 7.70. The molecule has 1 atom stereocenters. The van der Waals surface area contributed by atoms with E-state index >= 15 is 0 Å². The van der Waals surface area contributed by atoms with E-state index in [0.717, 1.165) is 5.69 Å². The van der Waals surface area contributed by atoms with E-state index in [9.17, 15) is 9.59 Å². The van der Waals surface area contributed by atoms with E-state index in [0.29, 0.717) is 39.4 Å². The number of hydrogen-bond acceptors (Lipinski definition) is 4. The van der Waals surface area contributed by atoms with E-state index in [2.05, 4.69) is 26.1 Å². The number of cyclic esters (lactones) is 1. The Hall–Kier alpha value is -2.28. The first kappa shape index (κ1) is 18.5. The summed E-state index contributed by atoms with van der Waals surface area (Å²) in [5.74, 6) is 0. The van der Waals surface area contributed by atoms with Gasteiger partial charge in [-0.15, -0.1) is 0 Å². The number of benzene rings is 1. The maximum Gasteiger partial charge on any atom is 0.414 e. The third-order valence-electron chi connectivity index (χ3n) is 4.70. The molecule has 2 aliphatic heterocycles. The number of rotatable bonds is 3. The number of urea groups is 1. The molecule has 1 unspecified atom stereocenters. The second-order valence-corrected chi connectivity index (χ2v) is 7.70. The number of nitrogens with one attached hydrogen (secondary N) is 1. The zero-order valence-electron chi connectivity index (χ0n) is 15.7. The van der Waals surface area contributed by atoms with Crippen LogP contribution in [0.2, 0.25) is 0 Å². The van der Waals surface area contributed by atoms with Gasteiger partial charge in [0.2, 0.25) is 0 Å². The van der Waals surface area contributed by atoms with Gasteiger partial charge in [-0.2, -0.15) is 0 Å². The zero-order valence-corrected chi connectivity index (χ0v) is 15.7. The summed E-state index contributed by atoms with van der Waals surface area (Å²) in [6.45, 7) is 9.48. The maximum absolute atomic E-state index is 12.2. The van der Waals surface area contributed by atoms with Crippen molar-refractivity contribution in [2.45, 2.75) is 32.3 Å². The number of hydrogen-bond donors (Lipinski definition) is 1. The summed E-state index contributed by atoms with van der Waals surface area (Å²) in [5, 5.41) is 2.84. The first-order valence-electron chi connectivity index (χ1n) is 9.04. The number of carbonyl (C=O) groups is 2. The molecule has 7 nitrogen and oxygen atoms in total. The summed E-state index contributed by atoms with van der Waals surface area (Å²) in [4.78, 5) is 27.6. The summed E-state index contributed by atoms with van der Waals surface area (Å²) in [7, 11) is 0. The predicted octanol–water partition coefficient (Wildman–Crippen LogP) is 2.35. The molecule has 3 rings (SSSR count). The van der Waals surface area contributed by atoms with E-state index in [4.69, 9.17) is 9.47 Å². The van der Waals surface area contributed by atoms with Crippen LogP contribution in [0.3, 0.4) is 0 Å². The van der Waals surface area contributed by atoms with Gasteiger partial charge in [0.25, 0.3) is 0 Å². The molecule has 2 saturated heterocycles. The first-order valence-corrected chi connectivity index (χ1v) is 9.04. The molecule has 2 fully saturated rings. The Morgan fingerprint density at radius 3 is 2.46 bits per heavy atom. The van der Waals surface area contributed by atoms with Crippen LogP contribution in [0, 0.1) is 0 Å². The van der Waals surface area contributed by atoms with Crippen molar-refractivity contribution in [2.24, 2.45) is 0 Å². The number of ether oxygens (including phenoxy) is 2. The quantitative estimate of drug-likeness (QED) is 0.897. The van der Waals surface area contributed by atoms with Crippen LogP contribution in [0.15, 0.2) is 24.3 Å². The van der Waals surface area contributed by atoms with Crippen molar-refractivity contribution in [1.82, 2.24) is 10.2 Å². The van der Waals surface area contributed by atoms with E-state index in [-0.39, 0.29) is 23.6 Å². The van der Waals surface area contributed by atoms with Crippen molar-refractivity contribution in [3.8, 4) is 0 Å². The molecule has 142 valence electrons. The molecule has 26 heavy (non-hydrogen) atoms. The average Bonchev–Trinajstić information content (AvgIpc) is 3.00. The molecule has 0 aromatic heterocycles. The zero-order chi connectivity index (χ0) is 18.7. The smallest absolute Gasteiger partial charge is 0.414 e. The summed E-state index contributed by atoms with van der Waals surface area (Å²) in [6, 6.07) is 7.82. The van der Waals surface area contributed by atoms with Crippen LogP contribution in [0.4, 0.5) is 15.3 Å². The molecular formula is C19H27N3O4. The lowest BCUT2D eigenvalue weighted by Gasteiger charge is -2.27. The summed E-state index contributed by atoms with van der Waals surface area (Å²) < 4.78 is 10.6. The molecule has 0 radical (unpaired) electrons. The topological polar surface area (TPSA) is 71.1 Å². The van der Waals surface area contributed by atoms with Gasteiger partial charge in [-0.25, -0.2) is 9.59 Å². The number of anilines is 1. The van der Waals surface area contributed by atoms with Gasteiger partial charge >= 0.3 is 12.1 Å². The Morgan fingerprint density at radius 2 is 1.85 bits per heavy atom. The molecule has 7 heteroatoms. The standard InChI is InChI=1S/C19H27N3O4/c1-19(2,3)14-4-6-15(7-5-14)22-13-16(26-18(22)24)12-20-17(23)21-8-10-25-11-9-21/h4-7,16H,8-13H2,1-3H3,(H,20,23). The molecule has 0 aliphatic carbocycles. The van der Waals surface area contributed by atoms with Crippen molar-refractivity contribution in [3.05, 3.63) is 29.8 Å². The molecule has 0 spiro atoms. The third kappa shape index (κ3) is 4.27. The van der Waals surface area contributed by atoms with Crippen LogP contribution in [0.5, 0.6) is 0 Å². The normalized spacial score (nSPS) is 20.9. The van der Waals surface area contributed by atoms with Crippen molar-refractivity contribution in [3.63, 3.8) is 0 Å². The molecule has 1 N–H and O–H groups in total. The molecule has 2 heterocycles. The molecule has 1 aromatic carbocycles. The Kier molecular flexibility index (Phi) is 5.36. The maximum atomic E-state index is 12.2. The van der Waals surface area contributed by atoms with E-state index in [1.54, 1.807) is 9.80 Å². The van der Waals surface area contributed by atoms with Crippen molar-refractivity contribution < 1.29 is 19.1 Å². The first-order chi connectivity index (χ1) is 12.3. The highest BCUT2D eigenvalue weighted by Gasteiger charge is 2.33. The molecule has 2 aliphatic rings. The lowest BCUT2D eigenvalue weighted by atomic mass is 9.87. The highest BCUT2D eigenvalue weighted by Crippen LogP contribution is 2.27. The number of amides is 3. The summed E-state index contributed by atoms with van der Waals surface area (Å²) >= 11 is 0. The third-order valence-corrected chi connectivity index (χ3v) is 4.70. The van der Waals surface area contributed by atoms with Gasteiger partial charge in [0.1, 0.15) is 6.10 Å². The number of nitrogens with zero attached hydrogens (tertiary/aromatic N) is 2. The molecule has 1 aromatic rings. The largest absolute Gasteiger partial charge is 0.442 e. The van der Waals surface area contributed by atoms with Crippen molar-refractivity contribution in [1.29, 1.82) is 0 Å². The van der Waals surface area contributed by atoms with Gasteiger partial charge in [-0.3, -0.25) is 4.90 Å². The Labute approximate surface area is 154 Å². The second kappa shape index (κ2) is 7.53. The SMILES string of the molecule is CC(C)(C)c1ccc(N2CC(CNC(=O)N3CCOCC3)OC2=O)cc1. The monoisotopic (exact) mass is 361 g/mol. The fraction of sp³-hybridized carbons (Fsp3) is 0.579. The summed E-state index contributed by atoms with van der Waals surface area (Å²) in [5.41, 5.74) is 2.09. The minimum Gasteiger partial charge on any atom is -0.442 e. The summed E-state index contributed by atoms with van der Waals surface area (Å²) in [6.07, 6.45) is -0.728. The highest BCUT2D eigenvalue weighted by molar-refractivity contribution is 5.89. The van der Waals surface area contributed by atoms with Crippen molar-refractivity contribution >= 4 is 17.8 Å². The molecule has 0 bridgehead atoms. The van der Waals surface area contributed by atoms with Crippen LogP contribution in [0.1, 0.15) is 26.3 Å². The van der Waals surface area contributed by atoms with E-state index < -0.39 is 0 Å². The highest BCUT2D eigenvalue weighted by atomic mass is 16.6. The fourth-order valence-electron chi connectivity index (χ4n) is 3.06. The van der Waals surface area contributed by atoms with Gasteiger partial charge < -0.3 is 19.7 Å². The Balaban J connectivity index is 1.54. The van der Waals surface area contributed by atoms with Crippen LogP contribution >= 0.6 is 0 Å². The predicted molar refractivity (Wildman–Crippen MR) is 98.5 cm³/mol. The van der Waals surface area contributed by atoms with E-state index in [1.165, 1.54) is 5.56 Å². The van der Waals surface area contributed by atoms with Crippen molar-refractivity contribution in [2.75, 3.05) is 44.3 Å². The lowest BCUT2D eigenvalue weighted by molar-refractivity contribution is 0.0523.